The maximum atomic E-state index is 12.2. The van der Waals surface area contributed by atoms with Gasteiger partial charge in [-0.15, -0.1) is 0 Å². The van der Waals surface area contributed by atoms with Crippen molar-refractivity contribution in [2.24, 2.45) is 5.92 Å². The van der Waals surface area contributed by atoms with E-state index in [2.05, 4.69) is 5.32 Å². The van der Waals surface area contributed by atoms with Gasteiger partial charge < -0.3 is 15.3 Å². The fraction of sp³-hybridized carbons (Fsp3) is 0.429. The smallest absolute Gasteiger partial charge is 0.321 e. The maximum Gasteiger partial charge on any atom is 0.321 e. The lowest BCUT2D eigenvalue weighted by Crippen LogP contribution is -2.39. The Hall–Kier alpha value is -1.75. The van der Waals surface area contributed by atoms with Crippen LogP contribution in [0.2, 0.25) is 5.02 Å². The summed E-state index contributed by atoms with van der Waals surface area (Å²) in [6, 6.07) is 4.99. The highest BCUT2D eigenvalue weighted by atomic mass is 35.5. The minimum Gasteiger partial charge on any atom is -0.481 e. The summed E-state index contributed by atoms with van der Waals surface area (Å²) in [6.07, 6.45) is 0. The van der Waals surface area contributed by atoms with E-state index in [1.54, 1.807) is 26.0 Å². The molecule has 1 aromatic carbocycles. The quantitative estimate of drug-likeness (QED) is 0.877. The molecule has 2 N–H and O–H groups in total. The highest BCUT2D eigenvalue weighted by Gasteiger charge is 2.20. The first-order valence-corrected chi connectivity index (χ1v) is 6.78. The molecule has 1 rings (SSSR count). The third-order valence-corrected chi connectivity index (χ3v) is 3.35. The standard InChI is InChI=1S/C14H19ClN2O3/c1-4-17(8-10(3)13(18)19)14(20)16-12-9(2)6-5-7-11(12)15/h5-7,10H,4,8H2,1-3H3,(H,16,20)(H,18,19). The number of para-hydroxylation sites is 1. The molecule has 0 saturated heterocycles. The van der Waals surface area contributed by atoms with Gasteiger partial charge in [0.05, 0.1) is 16.6 Å². The summed E-state index contributed by atoms with van der Waals surface area (Å²) < 4.78 is 0. The van der Waals surface area contributed by atoms with Crippen LogP contribution in [0.5, 0.6) is 0 Å². The number of hydrogen-bond donors (Lipinski definition) is 2. The molecule has 0 saturated carbocycles. The van der Waals surface area contributed by atoms with Crippen LogP contribution in [0.3, 0.4) is 0 Å². The molecule has 20 heavy (non-hydrogen) atoms. The Bertz CT molecular complexity index is 485. The van der Waals surface area contributed by atoms with Crippen LogP contribution in [-0.4, -0.2) is 35.1 Å². The maximum absolute atomic E-state index is 12.2. The molecule has 0 radical (unpaired) electrons. The number of carboxylic acid groups (broad SMARTS) is 1. The molecule has 6 heteroatoms. The highest BCUT2D eigenvalue weighted by Crippen LogP contribution is 2.25. The molecule has 1 atom stereocenters. The van der Waals surface area contributed by atoms with Gasteiger partial charge in [0, 0.05) is 13.1 Å². The summed E-state index contributed by atoms with van der Waals surface area (Å²) in [5.41, 5.74) is 1.41. The number of nitrogens with one attached hydrogen (secondary N) is 1. The molecule has 0 aliphatic heterocycles. The molecule has 0 bridgehead atoms. The van der Waals surface area contributed by atoms with Crippen molar-refractivity contribution < 1.29 is 14.7 Å². The van der Waals surface area contributed by atoms with Crippen molar-refractivity contribution in [3.05, 3.63) is 28.8 Å². The van der Waals surface area contributed by atoms with Gasteiger partial charge in [0.25, 0.3) is 0 Å². The highest BCUT2D eigenvalue weighted by molar-refractivity contribution is 6.33. The van der Waals surface area contributed by atoms with Gasteiger partial charge in [-0.25, -0.2) is 4.79 Å². The predicted octanol–water partition coefficient (Wildman–Crippen LogP) is 3.22. The van der Waals surface area contributed by atoms with Gasteiger partial charge in [-0.05, 0) is 25.5 Å². The number of rotatable bonds is 5. The number of carboxylic acids is 1. The van der Waals surface area contributed by atoms with Crippen LogP contribution in [0.4, 0.5) is 10.5 Å². The lowest BCUT2D eigenvalue weighted by molar-refractivity contribution is -0.141. The zero-order valence-electron chi connectivity index (χ0n) is 11.8. The molecule has 0 spiro atoms. The number of anilines is 1. The third-order valence-electron chi connectivity index (χ3n) is 3.04. The fourth-order valence-corrected chi connectivity index (χ4v) is 2.01. The molecule has 1 unspecified atom stereocenters. The van der Waals surface area contributed by atoms with E-state index < -0.39 is 11.9 Å². The van der Waals surface area contributed by atoms with E-state index in [0.29, 0.717) is 17.3 Å². The van der Waals surface area contributed by atoms with Crippen molar-refractivity contribution in [3.8, 4) is 0 Å². The zero-order chi connectivity index (χ0) is 15.3. The van der Waals surface area contributed by atoms with Crippen molar-refractivity contribution in [2.75, 3.05) is 18.4 Å². The summed E-state index contributed by atoms with van der Waals surface area (Å²) in [4.78, 5) is 24.5. The number of urea groups is 1. The Labute approximate surface area is 123 Å². The second kappa shape index (κ2) is 7.14. The molecule has 2 amide bonds. The number of aliphatic carboxylic acids is 1. The van der Waals surface area contributed by atoms with Crippen LogP contribution in [0.1, 0.15) is 19.4 Å². The van der Waals surface area contributed by atoms with Crippen LogP contribution in [-0.2, 0) is 4.79 Å². The molecule has 0 fully saturated rings. The molecule has 110 valence electrons. The number of aryl methyl sites for hydroxylation is 1. The van der Waals surface area contributed by atoms with E-state index in [9.17, 15) is 9.59 Å². The van der Waals surface area contributed by atoms with Gasteiger partial charge in [0.15, 0.2) is 0 Å². The van der Waals surface area contributed by atoms with Gasteiger partial charge >= 0.3 is 12.0 Å². The molecule has 0 heterocycles. The van der Waals surface area contributed by atoms with Gasteiger partial charge in [0.1, 0.15) is 0 Å². The molecule has 0 aliphatic rings. The van der Waals surface area contributed by atoms with Gasteiger partial charge in [-0.1, -0.05) is 30.7 Å². The average molecular weight is 299 g/mol. The van der Waals surface area contributed by atoms with E-state index >= 15 is 0 Å². The van der Waals surface area contributed by atoms with Gasteiger partial charge in [-0.3, -0.25) is 4.79 Å². The lowest BCUT2D eigenvalue weighted by atomic mass is 10.1. The number of benzene rings is 1. The molecule has 5 nitrogen and oxygen atoms in total. The molecular formula is C14H19ClN2O3. The number of hydrogen-bond acceptors (Lipinski definition) is 2. The summed E-state index contributed by atoms with van der Waals surface area (Å²) in [7, 11) is 0. The monoisotopic (exact) mass is 298 g/mol. The van der Waals surface area contributed by atoms with E-state index in [1.165, 1.54) is 4.90 Å². The van der Waals surface area contributed by atoms with E-state index in [1.807, 2.05) is 13.0 Å². The Kier molecular flexibility index (Phi) is 5.82. The minimum absolute atomic E-state index is 0.154. The van der Waals surface area contributed by atoms with E-state index in [0.717, 1.165) is 5.56 Å². The van der Waals surface area contributed by atoms with E-state index in [-0.39, 0.29) is 12.6 Å². The first-order chi connectivity index (χ1) is 9.36. The molecule has 0 aliphatic carbocycles. The van der Waals surface area contributed by atoms with E-state index in [4.69, 9.17) is 16.7 Å². The molecular weight excluding hydrogens is 280 g/mol. The molecule has 1 aromatic rings. The van der Waals surface area contributed by atoms with Gasteiger partial charge in [0.2, 0.25) is 0 Å². The number of nitrogens with zero attached hydrogens (tertiary/aromatic N) is 1. The van der Waals surface area contributed by atoms with Crippen molar-refractivity contribution in [1.29, 1.82) is 0 Å². The third kappa shape index (κ3) is 4.13. The van der Waals surface area contributed by atoms with Crippen LogP contribution in [0.25, 0.3) is 0 Å². The van der Waals surface area contributed by atoms with Crippen molar-refractivity contribution >= 4 is 29.3 Å². The lowest BCUT2D eigenvalue weighted by Gasteiger charge is -2.24. The summed E-state index contributed by atoms with van der Waals surface area (Å²) >= 11 is 6.05. The van der Waals surface area contributed by atoms with Crippen molar-refractivity contribution in [1.82, 2.24) is 4.90 Å². The molecule has 0 aromatic heterocycles. The summed E-state index contributed by atoms with van der Waals surface area (Å²) in [5, 5.41) is 12.1. The Balaban J connectivity index is 2.80. The first kappa shape index (κ1) is 16.3. The second-order valence-electron chi connectivity index (χ2n) is 4.64. The number of amides is 2. The predicted molar refractivity (Wildman–Crippen MR) is 79.3 cm³/mol. The number of halogens is 1. The SMILES string of the molecule is CCN(CC(C)C(=O)O)C(=O)Nc1c(C)cccc1Cl. The average Bonchev–Trinajstić information content (AvgIpc) is 2.39. The van der Waals surface area contributed by atoms with Gasteiger partial charge in [-0.2, -0.15) is 0 Å². The normalized spacial score (nSPS) is 11.8. The number of carbonyl (C=O) groups excluding carboxylic acids is 1. The largest absolute Gasteiger partial charge is 0.481 e. The fourth-order valence-electron chi connectivity index (χ4n) is 1.74. The van der Waals surface area contributed by atoms with Crippen LogP contribution in [0.15, 0.2) is 18.2 Å². The summed E-state index contributed by atoms with van der Waals surface area (Å²) in [6.45, 7) is 5.79. The van der Waals surface area contributed by atoms with Crippen LogP contribution < -0.4 is 5.32 Å². The second-order valence-corrected chi connectivity index (χ2v) is 5.05. The van der Waals surface area contributed by atoms with Crippen LogP contribution >= 0.6 is 11.6 Å². The number of carbonyl (C=O) groups is 2. The minimum atomic E-state index is -0.926. The van der Waals surface area contributed by atoms with Crippen LogP contribution in [0, 0.1) is 12.8 Å². The first-order valence-electron chi connectivity index (χ1n) is 6.40. The Morgan fingerprint density at radius 3 is 2.60 bits per heavy atom. The zero-order valence-corrected chi connectivity index (χ0v) is 12.6. The Morgan fingerprint density at radius 1 is 1.45 bits per heavy atom. The Morgan fingerprint density at radius 2 is 2.10 bits per heavy atom. The van der Waals surface area contributed by atoms with Crippen molar-refractivity contribution in [3.63, 3.8) is 0 Å². The van der Waals surface area contributed by atoms with Crippen molar-refractivity contribution in [2.45, 2.75) is 20.8 Å². The topological polar surface area (TPSA) is 69.6 Å². The summed E-state index contributed by atoms with van der Waals surface area (Å²) in [5.74, 6) is -1.54.